The first-order chi connectivity index (χ1) is 13.5. The summed E-state index contributed by atoms with van der Waals surface area (Å²) in [6.45, 7) is 0. The Labute approximate surface area is 161 Å². The number of rotatable bonds is 2. The van der Waals surface area contributed by atoms with E-state index in [1.165, 1.54) is 32.4 Å². The largest absolute Gasteiger partial charge is 0.465 e. The monoisotopic (exact) mass is 372 g/mol. The van der Waals surface area contributed by atoms with Crippen LogP contribution in [0.2, 0.25) is 0 Å². The molecule has 0 N–H and O–H groups in total. The van der Waals surface area contributed by atoms with Gasteiger partial charge in [0.1, 0.15) is 24.3 Å². The highest BCUT2D eigenvalue weighted by atomic mass is 16.5. The van der Waals surface area contributed by atoms with Crippen LogP contribution in [-0.2, 0) is 9.47 Å². The van der Waals surface area contributed by atoms with Crippen molar-refractivity contribution in [1.82, 2.24) is 0 Å². The summed E-state index contributed by atoms with van der Waals surface area (Å²) >= 11 is 0. The average molecular weight is 372 g/mol. The zero-order valence-electron chi connectivity index (χ0n) is 14.9. The molecule has 0 atom stereocenters. The molecule has 2 aromatic rings. The lowest BCUT2D eigenvalue weighted by Crippen LogP contribution is -2.05. The summed E-state index contributed by atoms with van der Waals surface area (Å²) in [7, 11) is 2.57. The summed E-state index contributed by atoms with van der Waals surface area (Å²) in [5.74, 6) is -0.952. The highest BCUT2D eigenvalue weighted by Crippen LogP contribution is 2.16. The molecule has 0 spiro atoms. The Morgan fingerprint density at radius 2 is 1.11 bits per heavy atom. The zero-order valence-corrected chi connectivity index (χ0v) is 14.9. The number of benzene rings is 2. The van der Waals surface area contributed by atoms with Crippen molar-refractivity contribution < 1.29 is 19.1 Å². The predicted octanol–water partition coefficient (Wildman–Crippen LogP) is 2.43. The number of hydrogen-bond donors (Lipinski definition) is 0. The van der Waals surface area contributed by atoms with Gasteiger partial charge in [-0.25, -0.2) is 9.59 Å². The Bertz CT molecular complexity index is 997. The maximum absolute atomic E-state index is 11.1. The average Bonchev–Trinajstić information content (AvgIpc) is 2.76. The van der Waals surface area contributed by atoms with Gasteiger partial charge in [-0.15, -0.1) is 0 Å². The van der Waals surface area contributed by atoms with Gasteiger partial charge in [-0.1, -0.05) is 6.07 Å². The second-order valence-electron chi connectivity index (χ2n) is 4.92. The number of methoxy groups -OCH3 is 2. The molecular formula is C20H12N4O4. The van der Waals surface area contributed by atoms with Crippen LogP contribution in [0.25, 0.3) is 0 Å². The zero-order chi connectivity index (χ0) is 21.1. The minimum Gasteiger partial charge on any atom is -0.465 e. The van der Waals surface area contributed by atoms with E-state index in [-0.39, 0.29) is 22.3 Å². The van der Waals surface area contributed by atoms with Crippen molar-refractivity contribution >= 4 is 11.9 Å². The number of nitriles is 4. The van der Waals surface area contributed by atoms with Crippen LogP contribution in [0.4, 0.5) is 0 Å². The number of carbonyl (C=O) groups is 2. The van der Waals surface area contributed by atoms with Crippen molar-refractivity contribution in [3.63, 3.8) is 0 Å². The van der Waals surface area contributed by atoms with Gasteiger partial charge in [0.05, 0.1) is 47.6 Å². The lowest BCUT2D eigenvalue weighted by Gasteiger charge is -2.01. The van der Waals surface area contributed by atoms with Gasteiger partial charge in [-0.3, -0.25) is 0 Å². The van der Waals surface area contributed by atoms with Crippen LogP contribution in [-0.4, -0.2) is 26.2 Å². The Hall–Kier alpha value is -4.66. The highest BCUT2D eigenvalue weighted by Gasteiger charge is 2.12. The molecule has 28 heavy (non-hydrogen) atoms. The molecule has 8 heteroatoms. The van der Waals surface area contributed by atoms with Gasteiger partial charge in [-0.2, -0.15) is 21.0 Å². The molecule has 2 rings (SSSR count). The van der Waals surface area contributed by atoms with Gasteiger partial charge in [0.2, 0.25) is 0 Å². The summed E-state index contributed by atoms with van der Waals surface area (Å²) < 4.78 is 9.03. The van der Waals surface area contributed by atoms with Gasteiger partial charge in [0, 0.05) is 0 Å². The lowest BCUT2D eigenvalue weighted by atomic mass is 9.99. The van der Waals surface area contributed by atoms with Crippen LogP contribution in [0, 0.1) is 45.3 Å². The molecule has 0 aliphatic heterocycles. The highest BCUT2D eigenvalue weighted by molar-refractivity contribution is 5.95. The van der Waals surface area contributed by atoms with E-state index in [2.05, 4.69) is 9.47 Å². The number of esters is 2. The normalized spacial score (nSPS) is 8.50. The molecule has 0 radical (unpaired) electrons. The molecule has 0 aliphatic rings. The molecule has 136 valence electrons. The number of hydrogen-bond acceptors (Lipinski definition) is 8. The van der Waals surface area contributed by atoms with Crippen molar-refractivity contribution in [3.8, 4) is 24.3 Å². The second-order valence-corrected chi connectivity index (χ2v) is 4.92. The fraction of sp³-hybridized carbons (Fsp3) is 0.100. The third kappa shape index (κ3) is 4.92. The summed E-state index contributed by atoms with van der Waals surface area (Å²) in [6, 6.07) is 15.9. The molecule has 8 nitrogen and oxygen atoms in total. The number of ether oxygens (including phenoxy) is 2. The van der Waals surface area contributed by atoms with Crippen LogP contribution < -0.4 is 0 Å². The fourth-order valence-electron chi connectivity index (χ4n) is 2.03. The van der Waals surface area contributed by atoms with Crippen LogP contribution in [0.1, 0.15) is 43.0 Å². The van der Waals surface area contributed by atoms with Crippen molar-refractivity contribution in [2.45, 2.75) is 0 Å². The SMILES string of the molecule is COC(=O)c1cccc(C(=O)OC)c1.N#Cc1ccc(C#N)c(C#N)c1C#N. The van der Waals surface area contributed by atoms with E-state index in [1.807, 2.05) is 0 Å². The fourth-order valence-corrected chi connectivity index (χ4v) is 2.03. The molecule has 0 unspecified atom stereocenters. The maximum atomic E-state index is 11.1. The van der Waals surface area contributed by atoms with Gasteiger partial charge < -0.3 is 9.47 Å². The van der Waals surface area contributed by atoms with E-state index in [0.29, 0.717) is 11.1 Å². The molecule has 0 saturated carbocycles. The summed E-state index contributed by atoms with van der Waals surface area (Å²) in [5, 5.41) is 34.7. The Morgan fingerprint density at radius 3 is 1.39 bits per heavy atom. The van der Waals surface area contributed by atoms with E-state index in [1.54, 1.807) is 42.5 Å². The Morgan fingerprint density at radius 1 is 0.714 bits per heavy atom. The van der Waals surface area contributed by atoms with Crippen LogP contribution in [0.3, 0.4) is 0 Å². The molecule has 0 fully saturated rings. The predicted molar refractivity (Wildman–Crippen MR) is 94.4 cm³/mol. The Balaban J connectivity index is 0.000000280. The van der Waals surface area contributed by atoms with Crippen LogP contribution in [0.5, 0.6) is 0 Å². The van der Waals surface area contributed by atoms with Gasteiger partial charge in [-0.05, 0) is 30.3 Å². The van der Waals surface area contributed by atoms with E-state index in [9.17, 15) is 9.59 Å². The van der Waals surface area contributed by atoms with Gasteiger partial charge in [0.15, 0.2) is 0 Å². The first-order valence-electron chi connectivity index (χ1n) is 7.51. The van der Waals surface area contributed by atoms with E-state index >= 15 is 0 Å². The summed E-state index contributed by atoms with van der Waals surface area (Å²) in [5.41, 5.74) is 0.819. The van der Waals surface area contributed by atoms with Crippen molar-refractivity contribution in [3.05, 3.63) is 69.8 Å². The number of nitrogens with zero attached hydrogens (tertiary/aromatic N) is 4. The van der Waals surface area contributed by atoms with E-state index in [0.717, 1.165) is 0 Å². The van der Waals surface area contributed by atoms with E-state index < -0.39 is 11.9 Å². The lowest BCUT2D eigenvalue weighted by molar-refractivity contribution is 0.0599. The molecule has 0 saturated heterocycles. The van der Waals surface area contributed by atoms with Crippen molar-refractivity contribution in [2.24, 2.45) is 0 Å². The van der Waals surface area contributed by atoms with Crippen LogP contribution >= 0.6 is 0 Å². The minimum absolute atomic E-state index is 0.0333. The van der Waals surface area contributed by atoms with E-state index in [4.69, 9.17) is 21.0 Å². The van der Waals surface area contributed by atoms with Crippen LogP contribution in [0.15, 0.2) is 36.4 Å². The molecule has 0 bridgehead atoms. The molecule has 0 aliphatic carbocycles. The first kappa shape index (κ1) is 21.4. The van der Waals surface area contributed by atoms with Gasteiger partial charge >= 0.3 is 11.9 Å². The first-order valence-corrected chi connectivity index (χ1v) is 7.51. The molecule has 0 heterocycles. The number of carbonyl (C=O) groups excluding carboxylic acids is 2. The van der Waals surface area contributed by atoms with Gasteiger partial charge in [0.25, 0.3) is 0 Å². The van der Waals surface area contributed by atoms with Crippen molar-refractivity contribution in [2.75, 3.05) is 14.2 Å². The minimum atomic E-state index is -0.476. The summed E-state index contributed by atoms with van der Waals surface area (Å²) in [4.78, 5) is 22.2. The third-order valence-corrected chi connectivity index (χ3v) is 3.37. The molecule has 0 aromatic heterocycles. The standard InChI is InChI=1S/C10H2N4.C10H10O4/c11-3-7-1-2-8(4-12)10(6-14)9(7)5-13;1-13-9(11)7-4-3-5-8(6-7)10(12)14-2/h1-2H;3-6H,1-2H3. The smallest absolute Gasteiger partial charge is 0.337 e. The molecular weight excluding hydrogens is 360 g/mol. The Kier molecular flexibility index (Phi) is 7.91. The molecule has 0 amide bonds. The topological polar surface area (TPSA) is 148 Å². The summed E-state index contributed by atoms with van der Waals surface area (Å²) in [6.07, 6.45) is 0. The maximum Gasteiger partial charge on any atom is 0.337 e. The quantitative estimate of drug-likeness (QED) is 0.730. The molecule has 2 aromatic carbocycles. The second kappa shape index (κ2) is 10.4. The van der Waals surface area contributed by atoms with Crippen molar-refractivity contribution in [1.29, 1.82) is 21.0 Å². The third-order valence-electron chi connectivity index (χ3n) is 3.37.